The second kappa shape index (κ2) is 6.71. The molecule has 0 bridgehead atoms. The number of aryl methyl sites for hydroxylation is 1. The second-order valence-corrected chi connectivity index (χ2v) is 6.62. The molecular weight excluding hydrogens is 314 g/mol. The standard InChI is InChI=1S/C19H21N5O/c1-15-10-17(21-25-15)14-23-8-6-22(7-9-23)12-16-13-24-5-3-2-4-19(24)18(16)11-20/h2-5,10,13H,6-9,12,14H2,1H3. The van der Waals surface area contributed by atoms with E-state index in [1.54, 1.807) is 0 Å². The van der Waals surface area contributed by atoms with E-state index in [1.807, 2.05) is 41.8 Å². The van der Waals surface area contributed by atoms with E-state index in [-0.39, 0.29) is 0 Å². The summed E-state index contributed by atoms with van der Waals surface area (Å²) in [4.78, 5) is 4.81. The first-order valence-corrected chi connectivity index (χ1v) is 8.58. The summed E-state index contributed by atoms with van der Waals surface area (Å²) in [5.41, 5.74) is 3.88. The van der Waals surface area contributed by atoms with Crippen molar-refractivity contribution in [3.8, 4) is 6.07 Å². The van der Waals surface area contributed by atoms with Crippen molar-refractivity contribution in [1.82, 2.24) is 19.4 Å². The van der Waals surface area contributed by atoms with Crippen molar-refractivity contribution in [3.63, 3.8) is 0 Å². The highest BCUT2D eigenvalue weighted by molar-refractivity contribution is 5.65. The third kappa shape index (κ3) is 3.29. The van der Waals surface area contributed by atoms with Gasteiger partial charge in [-0.25, -0.2) is 0 Å². The highest BCUT2D eigenvalue weighted by Crippen LogP contribution is 2.20. The van der Waals surface area contributed by atoms with Gasteiger partial charge in [0, 0.05) is 63.3 Å². The number of fused-ring (bicyclic) bond motifs is 1. The van der Waals surface area contributed by atoms with Crippen molar-refractivity contribution in [2.75, 3.05) is 26.2 Å². The Balaban J connectivity index is 1.40. The fourth-order valence-electron chi connectivity index (χ4n) is 3.49. The number of hydrogen-bond donors (Lipinski definition) is 0. The van der Waals surface area contributed by atoms with E-state index in [9.17, 15) is 5.26 Å². The van der Waals surface area contributed by atoms with Gasteiger partial charge in [0.25, 0.3) is 0 Å². The molecule has 0 aliphatic carbocycles. The molecule has 1 aliphatic heterocycles. The Labute approximate surface area is 146 Å². The van der Waals surface area contributed by atoms with Gasteiger partial charge < -0.3 is 8.92 Å². The highest BCUT2D eigenvalue weighted by Gasteiger charge is 2.20. The molecule has 0 N–H and O–H groups in total. The van der Waals surface area contributed by atoms with Gasteiger partial charge in [0.15, 0.2) is 0 Å². The Morgan fingerprint density at radius 1 is 1.16 bits per heavy atom. The van der Waals surface area contributed by atoms with Gasteiger partial charge in [-0.15, -0.1) is 0 Å². The van der Waals surface area contributed by atoms with Crippen LogP contribution in [-0.2, 0) is 13.1 Å². The molecule has 1 aliphatic rings. The molecule has 0 atom stereocenters. The van der Waals surface area contributed by atoms with Crippen LogP contribution in [-0.4, -0.2) is 45.5 Å². The van der Waals surface area contributed by atoms with Crippen molar-refractivity contribution >= 4 is 5.52 Å². The number of aromatic nitrogens is 2. The molecule has 3 aromatic rings. The summed E-state index contributed by atoms with van der Waals surface area (Å²) in [5.74, 6) is 0.860. The van der Waals surface area contributed by atoms with Gasteiger partial charge in [0.2, 0.25) is 0 Å². The molecule has 25 heavy (non-hydrogen) atoms. The van der Waals surface area contributed by atoms with Gasteiger partial charge >= 0.3 is 0 Å². The fourth-order valence-corrected chi connectivity index (χ4v) is 3.49. The molecule has 1 fully saturated rings. The maximum absolute atomic E-state index is 9.54. The third-order valence-electron chi connectivity index (χ3n) is 4.80. The third-order valence-corrected chi connectivity index (χ3v) is 4.80. The van der Waals surface area contributed by atoms with E-state index in [4.69, 9.17) is 4.52 Å². The Kier molecular flexibility index (Phi) is 4.26. The van der Waals surface area contributed by atoms with Crippen LogP contribution in [0, 0.1) is 18.3 Å². The van der Waals surface area contributed by atoms with Crippen molar-refractivity contribution in [1.29, 1.82) is 5.26 Å². The Bertz CT molecular complexity index is 911. The van der Waals surface area contributed by atoms with Gasteiger partial charge in [-0.05, 0) is 19.1 Å². The number of pyridine rings is 1. The van der Waals surface area contributed by atoms with E-state index in [0.717, 1.165) is 67.4 Å². The minimum Gasteiger partial charge on any atom is -0.361 e. The minimum absolute atomic E-state index is 0.793. The van der Waals surface area contributed by atoms with Crippen LogP contribution in [0.4, 0.5) is 0 Å². The van der Waals surface area contributed by atoms with Crippen LogP contribution in [0.3, 0.4) is 0 Å². The van der Waals surface area contributed by atoms with E-state index in [0.29, 0.717) is 0 Å². The molecule has 3 aromatic heterocycles. The lowest BCUT2D eigenvalue weighted by atomic mass is 10.1. The van der Waals surface area contributed by atoms with Crippen LogP contribution in [0.2, 0.25) is 0 Å². The number of rotatable bonds is 4. The van der Waals surface area contributed by atoms with Crippen LogP contribution in [0.25, 0.3) is 5.52 Å². The lowest BCUT2D eigenvalue weighted by molar-refractivity contribution is 0.120. The monoisotopic (exact) mass is 335 g/mol. The zero-order valence-electron chi connectivity index (χ0n) is 14.4. The largest absolute Gasteiger partial charge is 0.361 e. The van der Waals surface area contributed by atoms with E-state index >= 15 is 0 Å². The predicted molar refractivity (Wildman–Crippen MR) is 93.9 cm³/mol. The zero-order chi connectivity index (χ0) is 17.2. The van der Waals surface area contributed by atoms with Crippen molar-refractivity contribution < 1.29 is 4.52 Å². The van der Waals surface area contributed by atoms with Gasteiger partial charge in [-0.1, -0.05) is 11.2 Å². The molecule has 0 aromatic carbocycles. The minimum atomic E-state index is 0.793. The summed E-state index contributed by atoms with van der Waals surface area (Å²) in [5, 5.41) is 13.6. The SMILES string of the molecule is Cc1cc(CN2CCN(Cc3cn4ccccc4c3C#N)CC2)no1. The van der Waals surface area contributed by atoms with Crippen molar-refractivity contribution in [2.45, 2.75) is 20.0 Å². The summed E-state index contributed by atoms with van der Waals surface area (Å²) in [7, 11) is 0. The molecule has 1 saturated heterocycles. The molecule has 0 spiro atoms. The first-order valence-electron chi connectivity index (χ1n) is 8.58. The van der Waals surface area contributed by atoms with E-state index < -0.39 is 0 Å². The summed E-state index contributed by atoms with van der Waals surface area (Å²) < 4.78 is 7.18. The average molecular weight is 335 g/mol. The number of nitriles is 1. The molecular formula is C19H21N5O. The molecule has 128 valence electrons. The van der Waals surface area contributed by atoms with E-state index in [1.165, 1.54) is 0 Å². The summed E-state index contributed by atoms with van der Waals surface area (Å²) in [6, 6.07) is 10.3. The van der Waals surface area contributed by atoms with Crippen LogP contribution in [0.1, 0.15) is 22.6 Å². The molecule has 6 heteroatoms. The van der Waals surface area contributed by atoms with Crippen LogP contribution >= 0.6 is 0 Å². The molecule has 4 rings (SSSR count). The normalized spacial score (nSPS) is 16.3. The van der Waals surface area contributed by atoms with Crippen LogP contribution < -0.4 is 0 Å². The quantitative estimate of drug-likeness (QED) is 0.733. The molecule has 0 amide bonds. The van der Waals surface area contributed by atoms with Crippen molar-refractivity contribution in [3.05, 3.63) is 59.2 Å². The molecule has 0 saturated carbocycles. The topological polar surface area (TPSA) is 60.7 Å². The summed E-state index contributed by atoms with van der Waals surface area (Å²) in [6.45, 7) is 7.57. The number of piperazine rings is 1. The average Bonchev–Trinajstić information content (AvgIpc) is 3.19. The van der Waals surface area contributed by atoms with Crippen LogP contribution in [0.15, 0.2) is 41.2 Å². The lowest BCUT2D eigenvalue weighted by Crippen LogP contribution is -2.45. The smallest absolute Gasteiger partial charge is 0.133 e. The number of nitrogens with zero attached hydrogens (tertiary/aromatic N) is 5. The predicted octanol–water partition coefficient (Wildman–Crippen LogP) is 2.43. The van der Waals surface area contributed by atoms with Gasteiger partial charge in [0.05, 0.1) is 16.8 Å². The summed E-state index contributed by atoms with van der Waals surface area (Å²) >= 11 is 0. The number of hydrogen-bond acceptors (Lipinski definition) is 5. The maximum Gasteiger partial charge on any atom is 0.133 e. The molecule has 6 nitrogen and oxygen atoms in total. The second-order valence-electron chi connectivity index (χ2n) is 6.62. The molecule has 4 heterocycles. The lowest BCUT2D eigenvalue weighted by Gasteiger charge is -2.34. The molecule has 0 unspecified atom stereocenters. The van der Waals surface area contributed by atoms with Gasteiger partial charge in [-0.2, -0.15) is 5.26 Å². The Morgan fingerprint density at radius 2 is 1.92 bits per heavy atom. The van der Waals surface area contributed by atoms with Crippen LogP contribution in [0.5, 0.6) is 0 Å². The Morgan fingerprint density at radius 3 is 2.60 bits per heavy atom. The maximum atomic E-state index is 9.54. The zero-order valence-corrected chi connectivity index (χ0v) is 14.4. The molecule has 0 radical (unpaired) electrons. The fraction of sp³-hybridized carbons (Fsp3) is 0.368. The first-order chi connectivity index (χ1) is 12.2. The summed E-state index contributed by atoms with van der Waals surface area (Å²) in [6.07, 6.45) is 4.08. The Hall–Kier alpha value is -2.62. The van der Waals surface area contributed by atoms with Gasteiger partial charge in [-0.3, -0.25) is 9.80 Å². The van der Waals surface area contributed by atoms with E-state index in [2.05, 4.69) is 27.2 Å². The van der Waals surface area contributed by atoms with Gasteiger partial charge in [0.1, 0.15) is 11.8 Å². The first kappa shape index (κ1) is 15.9. The van der Waals surface area contributed by atoms with Crippen molar-refractivity contribution in [2.24, 2.45) is 0 Å². The highest BCUT2D eigenvalue weighted by atomic mass is 16.5.